The number of hydrogen-bond donors (Lipinski definition) is 7. The van der Waals surface area contributed by atoms with Crippen molar-refractivity contribution in [1.29, 1.82) is 0 Å². The molecule has 0 aromatic heterocycles. The van der Waals surface area contributed by atoms with Crippen LogP contribution in [0, 0.1) is 17.7 Å². The van der Waals surface area contributed by atoms with Crippen molar-refractivity contribution in [3.63, 3.8) is 0 Å². The van der Waals surface area contributed by atoms with E-state index in [1.54, 1.807) is 32.7 Å². The molecule has 52 heavy (non-hydrogen) atoms. The van der Waals surface area contributed by atoms with Gasteiger partial charge in [0.1, 0.15) is 23.5 Å². The van der Waals surface area contributed by atoms with Crippen LogP contribution in [0.5, 0.6) is 0 Å². The first-order valence-electron chi connectivity index (χ1n) is 17.0. The van der Waals surface area contributed by atoms with Gasteiger partial charge in [-0.15, -0.1) is 0 Å². The second kappa shape index (κ2) is 19.1. The summed E-state index contributed by atoms with van der Waals surface area (Å²) in [5.41, 5.74) is -1.50. The van der Waals surface area contributed by atoms with Gasteiger partial charge in [-0.05, 0) is 78.3 Å². The van der Waals surface area contributed by atoms with Crippen molar-refractivity contribution in [2.45, 2.75) is 102 Å². The number of hydrogen-bond acceptors (Lipinski definition) is 12. The van der Waals surface area contributed by atoms with Crippen LogP contribution in [0.15, 0.2) is 30.4 Å². The van der Waals surface area contributed by atoms with E-state index in [1.165, 1.54) is 19.2 Å². The number of fused-ring (bicyclic) bond motifs is 1. The molecule has 4 atom stereocenters. The van der Waals surface area contributed by atoms with Crippen molar-refractivity contribution >= 4 is 30.3 Å². The number of methoxy groups -OCH3 is 1. The molecule has 1 saturated carbocycles. The van der Waals surface area contributed by atoms with Crippen LogP contribution < -0.4 is 10.6 Å². The SMILES string of the molecule is CN1C(O)(O)c2cccc(F)c2C1(O)O.CNC(=O)C1CCCN1C(=O)[C@H](CCCCC/C=C\C1CC1C(=O)OC)NC(=O)OC(C)(C)C.O=CO. The number of nitrogens with zero attached hydrogens (tertiary/aromatic N) is 2. The molecule has 1 saturated heterocycles. The molecular weight excluding hydrogens is 687 g/mol. The second-order valence-electron chi connectivity index (χ2n) is 13.7. The number of likely N-dealkylation sites (tertiary alicyclic amines) is 1. The first kappa shape index (κ1) is 44.0. The van der Waals surface area contributed by atoms with Crippen LogP contribution in [0.25, 0.3) is 0 Å². The Hall–Kier alpha value is -4.16. The van der Waals surface area contributed by atoms with Gasteiger partial charge >= 0.3 is 12.1 Å². The lowest BCUT2D eigenvalue weighted by atomic mass is 10.0. The Morgan fingerprint density at radius 1 is 1.10 bits per heavy atom. The van der Waals surface area contributed by atoms with Crippen LogP contribution >= 0.6 is 0 Å². The number of allylic oxidation sites excluding steroid dienone is 2. The number of nitrogens with one attached hydrogen (secondary N) is 2. The quantitative estimate of drug-likeness (QED) is 0.0562. The second-order valence-corrected chi connectivity index (χ2v) is 13.7. The van der Waals surface area contributed by atoms with Crippen molar-refractivity contribution in [2.75, 3.05) is 27.7 Å². The number of carboxylic acid groups (broad SMARTS) is 1. The third kappa shape index (κ3) is 11.7. The summed E-state index contributed by atoms with van der Waals surface area (Å²) in [5.74, 6) is -6.49. The predicted molar refractivity (Wildman–Crippen MR) is 183 cm³/mol. The lowest BCUT2D eigenvalue weighted by molar-refractivity contribution is -0.372. The topological polar surface area (TPSA) is 235 Å². The van der Waals surface area contributed by atoms with Crippen molar-refractivity contribution in [1.82, 2.24) is 20.4 Å². The fraction of sp³-hybridized carbons (Fsp3) is 0.629. The van der Waals surface area contributed by atoms with Crippen LogP contribution in [0.2, 0.25) is 0 Å². The van der Waals surface area contributed by atoms with E-state index in [-0.39, 0.29) is 35.7 Å². The fourth-order valence-electron chi connectivity index (χ4n) is 6.00. The molecule has 1 aromatic rings. The van der Waals surface area contributed by atoms with E-state index in [9.17, 15) is 44.0 Å². The van der Waals surface area contributed by atoms with Gasteiger partial charge in [-0.2, -0.15) is 4.90 Å². The summed E-state index contributed by atoms with van der Waals surface area (Å²) in [4.78, 5) is 59.7. The molecule has 3 amide bonds. The standard InChI is InChI=1S/C25H41N3O6.C9H10FNO4.CH2O2/c1-25(2,3)34-24(32)27-19(22(30)28-15-11-14-20(28)21(29)26-4)13-10-8-6-7-9-12-17-16-18(17)23(31)33-5;1-11-8(12,13)5-3-2-4-6(10)7(5)9(11,14)15;2-1-3/h9,12,17-20H,6-8,10-11,13-16H2,1-5H3,(H,26,29)(H,27,32);2-4,12-15H,1H3;1H,(H,2,3)/b12-9-;;/t17?,18?,19-,20?;;/m0../s1. The molecule has 3 unspecified atom stereocenters. The number of esters is 1. The average Bonchev–Trinajstić information content (AvgIpc) is 3.64. The van der Waals surface area contributed by atoms with Gasteiger partial charge in [0.15, 0.2) is 0 Å². The lowest BCUT2D eigenvalue weighted by Gasteiger charge is -2.31. The highest BCUT2D eigenvalue weighted by Gasteiger charge is 2.56. The zero-order valence-corrected chi connectivity index (χ0v) is 30.5. The van der Waals surface area contributed by atoms with Crippen LogP contribution in [0.3, 0.4) is 0 Å². The molecular formula is C35H53FN4O12. The molecule has 2 heterocycles. The third-order valence-electron chi connectivity index (χ3n) is 8.81. The number of benzene rings is 1. The van der Waals surface area contributed by atoms with E-state index in [0.29, 0.717) is 30.2 Å². The summed E-state index contributed by atoms with van der Waals surface area (Å²) >= 11 is 0. The zero-order valence-electron chi connectivity index (χ0n) is 30.5. The number of rotatable bonds is 11. The molecule has 2 fully saturated rings. The number of unbranched alkanes of at least 4 members (excludes halogenated alkanes) is 3. The number of likely N-dealkylation sites (N-methyl/N-ethyl adjacent to an activating group) is 1. The normalized spacial score (nSPS) is 21.8. The van der Waals surface area contributed by atoms with E-state index in [1.807, 2.05) is 0 Å². The molecule has 7 N–H and O–H groups in total. The number of aliphatic hydroxyl groups is 4. The van der Waals surface area contributed by atoms with E-state index < -0.39 is 47.0 Å². The molecule has 3 aliphatic rings. The molecule has 1 aliphatic carbocycles. The minimum absolute atomic E-state index is 0.0103. The van der Waals surface area contributed by atoms with Gasteiger partial charge in [-0.25, -0.2) is 9.18 Å². The predicted octanol–water partition coefficient (Wildman–Crippen LogP) is 1.59. The number of carbonyl (C=O) groups excluding carboxylic acids is 4. The van der Waals surface area contributed by atoms with E-state index in [4.69, 9.17) is 19.4 Å². The number of amides is 3. The molecule has 0 bridgehead atoms. The third-order valence-corrected chi connectivity index (χ3v) is 8.81. The minimum Gasteiger partial charge on any atom is -0.483 e. The average molecular weight is 741 g/mol. The maximum atomic E-state index is 13.3. The van der Waals surface area contributed by atoms with Crippen molar-refractivity contribution < 1.29 is 63.4 Å². The monoisotopic (exact) mass is 740 g/mol. The first-order chi connectivity index (χ1) is 24.3. The molecule has 0 radical (unpaired) electrons. The minimum atomic E-state index is -2.73. The highest BCUT2D eigenvalue weighted by molar-refractivity contribution is 5.91. The highest BCUT2D eigenvalue weighted by Crippen LogP contribution is 2.44. The number of alkyl carbamates (subject to hydrolysis) is 1. The fourth-order valence-corrected chi connectivity index (χ4v) is 6.00. The smallest absolute Gasteiger partial charge is 0.408 e. The summed E-state index contributed by atoms with van der Waals surface area (Å²) in [7, 11) is 4.03. The molecule has 0 spiro atoms. The van der Waals surface area contributed by atoms with Gasteiger partial charge in [-0.3, -0.25) is 19.2 Å². The summed E-state index contributed by atoms with van der Waals surface area (Å²) in [6, 6.07) is 2.24. The van der Waals surface area contributed by atoms with Crippen molar-refractivity contribution in [3.8, 4) is 0 Å². The Morgan fingerprint density at radius 3 is 2.33 bits per heavy atom. The van der Waals surface area contributed by atoms with Crippen LogP contribution in [-0.4, -0.2) is 111 Å². The lowest BCUT2D eigenvalue weighted by Crippen LogP contribution is -2.53. The summed E-state index contributed by atoms with van der Waals surface area (Å²) in [6.07, 6.45) is 9.77. The zero-order chi connectivity index (χ0) is 39.4. The van der Waals surface area contributed by atoms with E-state index in [0.717, 1.165) is 51.6 Å². The van der Waals surface area contributed by atoms with Gasteiger partial charge in [-0.1, -0.05) is 37.1 Å². The van der Waals surface area contributed by atoms with Crippen LogP contribution in [0.1, 0.15) is 83.3 Å². The number of halogens is 1. The molecule has 4 rings (SSSR count). The van der Waals surface area contributed by atoms with Crippen molar-refractivity contribution in [2.24, 2.45) is 11.8 Å². The largest absolute Gasteiger partial charge is 0.483 e. The summed E-state index contributed by atoms with van der Waals surface area (Å²) in [6.45, 7) is 5.57. The van der Waals surface area contributed by atoms with Gasteiger partial charge in [0.25, 0.3) is 18.3 Å². The molecule has 17 heteroatoms. The Kier molecular flexibility index (Phi) is 16.1. The Bertz CT molecular complexity index is 1430. The van der Waals surface area contributed by atoms with E-state index in [2.05, 4.69) is 22.8 Å². The van der Waals surface area contributed by atoms with Crippen LogP contribution in [0.4, 0.5) is 9.18 Å². The molecule has 16 nitrogen and oxygen atoms in total. The van der Waals surface area contributed by atoms with Gasteiger partial charge in [0.05, 0.1) is 18.6 Å². The Balaban J connectivity index is 0.000000427. The van der Waals surface area contributed by atoms with Gasteiger partial charge in [0.2, 0.25) is 11.8 Å². The first-order valence-corrected chi connectivity index (χ1v) is 17.0. The molecule has 2 aliphatic heterocycles. The maximum absolute atomic E-state index is 13.3. The van der Waals surface area contributed by atoms with Crippen molar-refractivity contribution in [3.05, 3.63) is 47.3 Å². The van der Waals surface area contributed by atoms with E-state index >= 15 is 0 Å². The summed E-state index contributed by atoms with van der Waals surface area (Å²) < 4.78 is 23.4. The van der Waals surface area contributed by atoms with Gasteiger partial charge < -0.3 is 50.5 Å². The number of ether oxygens (including phenoxy) is 2. The Labute approximate surface area is 302 Å². The highest BCUT2D eigenvalue weighted by atomic mass is 19.1. The van der Waals surface area contributed by atoms with Gasteiger partial charge in [0, 0.05) is 19.2 Å². The summed E-state index contributed by atoms with van der Waals surface area (Å²) in [5, 5.41) is 50.5. The maximum Gasteiger partial charge on any atom is 0.408 e. The molecule has 1 aromatic carbocycles. The van der Waals surface area contributed by atoms with Crippen LogP contribution in [-0.2, 0) is 40.5 Å². The number of carbonyl (C=O) groups is 5. The molecule has 292 valence electrons. The Morgan fingerprint density at radius 2 is 1.75 bits per heavy atom.